The molecule has 1 N–H and O–H groups in total. The van der Waals surface area contributed by atoms with Gasteiger partial charge in [-0.2, -0.15) is 0 Å². The van der Waals surface area contributed by atoms with Crippen LogP contribution in [0.3, 0.4) is 0 Å². The average molecular weight is 164 g/mol. The molecule has 0 fully saturated rings. The number of carbonyl (C=O) groups is 1. The number of hydrogen-bond donors (Lipinski definition) is 1. The molecule has 1 rings (SSSR count). The molecule has 4 heteroatoms. The SMILES string of the molecule is COC(=O)c1ccnc(C=N)c1. The van der Waals surface area contributed by atoms with E-state index in [-0.39, 0.29) is 0 Å². The summed E-state index contributed by atoms with van der Waals surface area (Å²) < 4.78 is 4.49. The largest absolute Gasteiger partial charge is 0.465 e. The lowest BCUT2D eigenvalue weighted by atomic mass is 10.2. The fourth-order valence-electron chi connectivity index (χ4n) is 0.772. The lowest BCUT2D eigenvalue weighted by molar-refractivity contribution is 0.0600. The van der Waals surface area contributed by atoms with Gasteiger partial charge in [-0.1, -0.05) is 0 Å². The van der Waals surface area contributed by atoms with Gasteiger partial charge in [0.25, 0.3) is 0 Å². The fraction of sp³-hybridized carbons (Fsp3) is 0.125. The minimum atomic E-state index is -0.416. The van der Waals surface area contributed by atoms with Gasteiger partial charge in [-0.25, -0.2) is 4.79 Å². The van der Waals surface area contributed by atoms with Gasteiger partial charge in [-0.15, -0.1) is 0 Å². The summed E-state index contributed by atoms with van der Waals surface area (Å²) in [4.78, 5) is 14.8. The minimum Gasteiger partial charge on any atom is -0.465 e. The Kier molecular flexibility index (Phi) is 2.53. The Morgan fingerprint density at radius 2 is 2.50 bits per heavy atom. The second-order valence-electron chi connectivity index (χ2n) is 2.11. The summed E-state index contributed by atoms with van der Waals surface area (Å²) in [5, 5.41) is 6.90. The topological polar surface area (TPSA) is 63.0 Å². The lowest BCUT2D eigenvalue weighted by Crippen LogP contribution is -2.02. The normalized spacial score (nSPS) is 9.08. The molecule has 12 heavy (non-hydrogen) atoms. The Balaban J connectivity index is 3.01. The van der Waals surface area contributed by atoms with Gasteiger partial charge in [-0.3, -0.25) is 4.98 Å². The van der Waals surface area contributed by atoms with Crippen molar-refractivity contribution in [3.63, 3.8) is 0 Å². The van der Waals surface area contributed by atoms with E-state index in [1.165, 1.54) is 19.4 Å². The average Bonchev–Trinajstić information content (AvgIpc) is 2.17. The third kappa shape index (κ3) is 1.66. The quantitative estimate of drug-likeness (QED) is 0.521. The van der Waals surface area contributed by atoms with E-state index in [0.29, 0.717) is 11.3 Å². The molecule has 1 aromatic rings. The number of nitrogens with zero attached hydrogens (tertiary/aromatic N) is 1. The smallest absolute Gasteiger partial charge is 0.337 e. The van der Waals surface area contributed by atoms with Crippen molar-refractivity contribution in [2.75, 3.05) is 7.11 Å². The van der Waals surface area contributed by atoms with Crippen LogP contribution in [0.5, 0.6) is 0 Å². The van der Waals surface area contributed by atoms with E-state index in [0.717, 1.165) is 6.21 Å². The molecule has 1 aromatic heterocycles. The molecule has 0 atom stereocenters. The maximum atomic E-state index is 11.0. The van der Waals surface area contributed by atoms with E-state index >= 15 is 0 Å². The van der Waals surface area contributed by atoms with Crippen LogP contribution in [0.1, 0.15) is 16.1 Å². The van der Waals surface area contributed by atoms with E-state index < -0.39 is 5.97 Å². The number of methoxy groups -OCH3 is 1. The Bertz CT molecular complexity index is 310. The van der Waals surface area contributed by atoms with Gasteiger partial charge in [0.1, 0.15) is 0 Å². The van der Waals surface area contributed by atoms with Gasteiger partial charge in [-0.05, 0) is 12.1 Å². The van der Waals surface area contributed by atoms with Crippen molar-refractivity contribution in [1.29, 1.82) is 5.41 Å². The van der Waals surface area contributed by atoms with Crippen molar-refractivity contribution in [1.82, 2.24) is 4.98 Å². The highest BCUT2D eigenvalue weighted by Crippen LogP contribution is 2.01. The molecule has 62 valence electrons. The third-order valence-electron chi connectivity index (χ3n) is 1.35. The van der Waals surface area contributed by atoms with Crippen molar-refractivity contribution < 1.29 is 9.53 Å². The van der Waals surface area contributed by atoms with Crippen LogP contribution in [-0.4, -0.2) is 24.3 Å². The van der Waals surface area contributed by atoms with Crippen LogP contribution in [0.2, 0.25) is 0 Å². The molecule has 1 heterocycles. The van der Waals surface area contributed by atoms with Crippen LogP contribution in [0.15, 0.2) is 18.3 Å². The molecule has 0 amide bonds. The van der Waals surface area contributed by atoms with Crippen molar-refractivity contribution in [3.8, 4) is 0 Å². The standard InChI is InChI=1S/C8H8N2O2/c1-12-8(11)6-2-3-10-7(4-6)5-9/h2-5,9H,1H3. The summed E-state index contributed by atoms with van der Waals surface area (Å²) in [7, 11) is 1.31. The number of nitrogens with one attached hydrogen (secondary N) is 1. The predicted octanol–water partition coefficient (Wildman–Crippen LogP) is 0.866. The Morgan fingerprint density at radius 3 is 3.08 bits per heavy atom. The first kappa shape index (κ1) is 8.39. The summed E-state index contributed by atoms with van der Waals surface area (Å²) >= 11 is 0. The summed E-state index contributed by atoms with van der Waals surface area (Å²) in [6.45, 7) is 0. The molecule has 0 bridgehead atoms. The summed E-state index contributed by atoms with van der Waals surface area (Å²) in [5.74, 6) is -0.416. The molecule has 4 nitrogen and oxygen atoms in total. The molecule has 0 spiro atoms. The van der Waals surface area contributed by atoms with Crippen LogP contribution in [-0.2, 0) is 4.74 Å². The Morgan fingerprint density at radius 1 is 1.75 bits per heavy atom. The number of esters is 1. The zero-order chi connectivity index (χ0) is 8.97. The molecule has 0 aliphatic heterocycles. The molecule has 0 unspecified atom stereocenters. The summed E-state index contributed by atoms with van der Waals surface area (Å²) in [6, 6.07) is 3.04. The molecule has 0 saturated heterocycles. The van der Waals surface area contributed by atoms with Gasteiger partial charge >= 0.3 is 5.97 Å². The lowest BCUT2D eigenvalue weighted by Gasteiger charge is -1.98. The van der Waals surface area contributed by atoms with Crippen molar-refractivity contribution >= 4 is 12.2 Å². The summed E-state index contributed by atoms with van der Waals surface area (Å²) in [6.07, 6.45) is 2.54. The maximum Gasteiger partial charge on any atom is 0.337 e. The zero-order valence-electron chi connectivity index (χ0n) is 6.57. The van der Waals surface area contributed by atoms with Crippen molar-refractivity contribution in [2.45, 2.75) is 0 Å². The number of hydrogen-bond acceptors (Lipinski definition) is 4. The van der Waals surface area contributed by atoms with Gasteiger partial charge in [0, 0.05) is 12.4 Å². The molecular weight excluding hydrogens is 156 g/mol. The van der Waals surface area contributed by atoms with Gasteiger partial charge < -0.3 is 10.1 Å². The van der Waals surface area contributed by atoms with E-state index in [1.807, 2.05) is 0 Å². The first-order chi connectivity index (χ1) is 5.77. The van der Waals surface area contributed by atoms with E-state index in [2.05, 4.69) is 9.72 Å². The highest BCUT2D eigenvalue weighted by atomic mass is 16.5. The van der Waals surface area contributed by atoms with E-state index in [4.69, 9.17) is 5.41 Å². The minimum absolute atomic E-state index is 0.408. The Labute approximate surface area is 69.7 Å². The first-order valence-corrected chi connectivity index (χ1v) is 3.33. The van der Waals surface area contributed by atoms with Gasteiger partial charge in [0.2, 0.25) is 0 Å². The van der Waals surface area contributed by atoms with Crippen LogP contribution >= 0.6 is 0 Å². The fourth-order valence-corrected chi connectivity index (χ4v) is 0.772. The zero-order valence-corrected chi connectivity index (χ0v) is 6.57. The maximum absolute atomic E-state index is 11.0. The molecule has 0 aliphatic carbocycles. The predicted molar refractivity (Wildman–Crippen MR) is 43.5 cm³/mol. The van der Waals surface area contributed by atoms with Gasteiger partial charge in [0.05, 0.1) is 18.4 Å². The highest BCUT2D eigenvalue weighted by Gasteiger charge is 2.04. The molecule has 0 radical (unpaired) electrons. The first-order valence-electron chi connectivity index (χ1n) is 3.33. The van der Waals surface area contributed by atoms with Crippen LogP contribution < -0.4 is 0 Å². The second kappa shape index (κ2) is 3.61. The highest BCUT2D eigenvalue weighted by molar-refractivity contribution is 5.91. The number of aromatic nitrogens is 1. The van der Waals surface area contributed by atoms with E-state index in [9.17, 15) is 4.79 Å². The summed E-state index contributed by atoms with van der Waals surface area (Å²) in [5.41, 5.74) is 0.851. The molecule has 0 aliphatic rings. The van der Waals surface area contributed by atoms with Crippen molar-refractivity contribution in [3.05, 3.63) is 29.6 Å². The van der Waals surface area contributed by atoms with Crippen LogP contribution in [0.25, 0.3) is 0 Å². The number of ether oxygens (including phenoxy) is 1. The molecule has 0 aromatic carbocycles. The number of carbonyl (C=O) groups excluding carboxylic acids is 1. The second-order valence-corrected chi connectivity index (χ2v) is 2.11. The van der Waals surface area contributed by atoms with E-state index in [1.54, 1.807) is 6.07 Å². The number of rotatable bonds is 2. The molecular formula is C8H8N2O2. The number of pyridine rings is 1. The van der Waals surface area contributed by atoms with Crippen LogP contribution in [0.4, 0.5) is 0 Å². The third-order valence-corrected chi connectivity index (χ3v) is 1.35. The van der Waals surface area contributed by atoms with Gasteiger partial charge in [0.15, 0.2) is 0 Å². The monoisotopic (exact) mass is 164 g/mol. The van der Waals surface area contributed by atoms with Crippen molar-refractivity contribution in [2.24, 2.45) is 0 Å². The Hall–Kier alpha value is -1.71. The molecule has 0 saturated carbocycles. The van der Waals surface area contributed by atoms with Crippen LogP contribution in [0, 0.1) is 5.41 Å².